The predicted octanol–water partition coefficient (Wildman–Crippen LogP) is 14.8. The molecule has 0 unspecified atom stereocenters. The zero-order valence-corrected chi connectivity index (χ0v) is 31.8. The maximum Gasteiger partial charge on any atom is 0.305 e. The van der Waals surface area contributed by atoms with Crippen molar-refractivity contribution in [3.05, 3.63) is 0 Å². The number of rotatable bonds is 41. The molecule has 0 aliphatic heterocycles. The van der Waals surface area contributed by atoms with E-state index in [-0.39, 0.29) is 5.97 Å². The fourth-order valence-corrected chi connectivity index (χ4v) is 6.83. The second-order valence-corrected chi connectivity index (χ2v) is 14.8. The normalized spacial score (nSPS) is 11.4. The molecule has 0 bridgehead atoms. The fourth-order valence-electron chi connectivity index (χ4n) is 6.83. The first kappa shape index (κ1) is 45.4. The SMILES string of the molecule is CCCCCCCCCCCC(=O)OCCCCCCCCCCCCCCCCCCCCCCCCCCCCCCCO. The zero-order valence-electron chi connectivity index (χ0n) is 31.8. The Balaban J connectivity index is 3.10. The summed E-state index contributed by atoms with van der Waals surface area (Å²) >= 11 is 0. The van der Waals surface area contributed by atoms with Crippen LogP contribution in [0.25, 0.3) is 0 Å². The minimum Gasteiger partial charge on any atom is -0.466 e. The van der Waals surface area contributed by atoms with Crippen LogP contribution in [-0.2, 0) is 9.53 Å². The molecule has 0 atom stereocenters. The lowest BCUT2D eigenvalue weighted by Gasteiger charge is -2.06. The van der Waals surface area contributed by atoms with Crippen molar-refractivity contribution in [3.63, 3.8) is 0 Å². The summed E-state index contributed by atoms with van der Waals surface area (Å²) in [5.74, 6) is 0.0228. The monoisotopic (exact) mass is 651 g/mol. The first-order valence-electron chi connectivity index (χ1n) is 21.6. The van der Waals surface area contributed by atoms with Crippen LogP contribution < -0.4 is 0 Å². The van der Waals surface area contributed by atoms with Crippen LogP contribution in [0.2, 0.25) is 0 Å². The van der Waals surface area contributed by atoms with Crippen molar-refractivity contribution in [2.45, 2.75) is 257 Å². The van der Waals surface area contributed by atoms with Gasteiger partial charge in [0.25, 0.3) is 0 Å². The first-order valence-corrected chi connectivity index (χ1v) is 21.6. The van der Waals surface area contributed by atoms with E-state index in [0.717, 1.165) is 19.3 Å². The largest absolute Gasteiger partial charge is 0.466 e. The van der Waals surface area contributed by atoms with Crippen molar-refractivity contribution in [1.82, 2.24) is 0 Å². The highest BCUT2D eigenvalue weighted by Crippen LogP contribution is 2.17. The molecule has 0 radical (unpaired) electrons. The highest BCUT2D eigenvalue weighted by Gasteiger charge is 2.03. The van der Waals surface area contributed by atoms with E-state index in [4.69, 9.17) is 9.84 Å². The van der Waals surface area contributed by atoms with Gasteiger partial charge in [-0.1, -0.05) is 232 Å². The Morgan fingerprint density at radius 3 is 0.870 bits per heavy atom. The summed E-state index contributed by atoms with van der Waals surface area (Å²) in [4.78, 5) is 11.9. The average Bonchev–Trinajstić information content (AvgIpc) is 3.06. The standard InChI is InChI=1S/C43H86O3/c1-2-3-4-5-6-28-31-34-37-40-43(45)46-42-39-36-33-30-27-25-23-21-19-17-15-13-11-9-7-8-10-12-14-16-18-20-22-24-26-29-32-35-38-41-44/h44H,2-42H2,1H3. The molecular formula is C43H86O3. The zero-order chi connectivity index (χ0) is 33.3. The van der Waals surface area contributed by atoms with Crippen LogP contribution in [0.1, 0.15) is 257 Å². The van der Waals surface area contributed by atoms with Crippen LogP contribution in [0.5, 0.6) is 0 Å². The summed E-state index contributed by atoms with van der Waals surface area (Å²) in [6.07, 6.45) is 52.3. The van der Waals surface area contributed by atoms with Crippen LogP contribution in [0, 0.1) is 0 Å². The lowest BCUT2D eigenvalue weighted by atomic mass is 10.0. The molecule has 0 aromatic carbocycles. The van der Waals surface area contributed by atoms with Gasteiger partial charge in [0.1, 0.15) is 0 Å². The van der Waals surface area contributed by atoms with E-state index >= 15 is 0 Å². The van der Waals surface area contributed by atoms with E-state index in [2.05, 4.69) is 6.92 Å². The molecule has 0 saturated heterocycles. The number of unbranched alkanes of at least 4 members (excludes halogenated alkanes) is 36. The van der Waals surface area contributed by atoms with Gasteiger partial charge in [0.05, 0.1) is 6.61 Å². The highest BCUT2D eigenvalue weighted by molar-refractivity contribution is 5.69. The quantitative estimate of drug-likeness (QED) is 0.0529. The van der Waals surface area contributed by atoms with Gasteiger partial charge in [0.15, 0.2) is 0 Å². The summed E-state index contributed by atoms with van der Waals surface area (Å²) in [6, 6.07) is 0. The third-order valence-corrected chi connectivity index (χ3v) is 10.0. The average molecular weight is 651 g/mol. The number of carbonyl (C=O) groups excluding carboxylic acids is 1. The number of carbonyl (C=O) groups is 1. The minimum absolute atomic E-state index is 0.0228. The summed E-state index contributed by atoms with van der Waals surface area (Å²) in [7, 11) is 0. The van der Waals surface area contributed by atoms with Crippen LogP contribution in [-0.4, -0.2) is 24.3 Å². The molecule has 0 aliphatic rings. The molecule has 0 aliphatic carbocycles. The molecule has 46 heavy (non-hydrogen) atoms. The van der Waals surface area contributed by atoms with Gasteiger partial charge < -0.3 is 9.84 Å². The maximum atomic E-state index is 11.9. The molecule has 0 heterocycles. The molecule has 276 valence electrons. The Hall–Kier alpha value is -0.570. The molecule has 3 nitrogen and oxygen atoms in total. The van der Waals surface area contributed by atoms with Crippen molar-refractivity contribution >= 4 is 5.97 Å². The van der Waals surface area contributed by atoms with Gasteiger partial charge in [-0.25, -0.2) is 0 Å². The van der Waals surface area contributed by atoms with E-state index in [1.54, 1.807) is 0 Å². The van der Waals surface area contributed by atoms with E-state index in [1.165, 1.54) is 225 Å². The summed E-state index contributed by atoms with van der Waals surface area (Å²) in [6.45, 7) is 3.27. The first-order chi connectivity index (χ1) is 22.8. The van der Waals surface area contributed by atoms with Crippen molar-refractivity contribution in [2.24, 2.45) is 0 Å². The molecule has 0 spiro atoms. The molecule has 0 aromatic rings. The molecule has 0 amide bonds. The van der Waals surface area contributed by atoms with Gasteiger partial charge in [0, 0.05) is 13.0 Å². The number of ether oxygens (including phenoxy) is 1. The second-order valence-electron chi connectivity index (χ2n) is 14.8. The third-order valence-electron chi connectivity index (χ3n) is 10.0. The van der Waals surface area contributed by atoms with Gasteiger partial charge in [0.2, 0.25) is 0 Å². The van der Waals surface area contributed by atoms with Gasteiger partial charge in [-0.15, -0.1) is 0 Å². The Kier molecular flexibility index (Phi) is 41.9. The van der Waals surface area contributed by atoms with Gasteiger partial charge >= 0.3 is 5.97 Å². The van der Waals surface area contributed by atoms with E-state index in [0.29, 0.717) is 19.6 Å². The van der Waals surface area contributed by atoms with Crippen molar-refractivity contribution < 1.29 is 14.6 Å². The highest BCUT2D eigenvalue weighted by atomic mass is 16.5. The van der Waals surface area contributed by atoms with Crippen molar-refractivity contribution in [3.8, 4) is 0 Å². The van der Waals surface area contributed by atoms with Crippen molar-refractivity contribution in [1.29, 1.82) is 0 Å². The summed E-state index contributed by atoms with van der Waals surface area (Å²) < 4.78 is 5.43. The lowest BCUT2D eigenvalue weighted by Crippen LogP contribution is -2.05. The molecule has 0 aromatic heterocycles. The van der Waals surface area contributed by atoms with Gasteiger partial charge in [-0.3, -0.25) is 4.79 Å². The lowest BCUT2D eigenvalue weighted by molar-refractivity contribution is -0.143. The van der Waals surface area contributed by atoms with Crippen LogP contribution >= 0.6 is 0 Å². The molecule has 0 rings (SSSR count). The molecule has 0 fully saturated rings. The number of esters is 1. The third kappa shape index (κ3) is 41.5. The summed E-state index contributed by atoms with van der Waals surface area (Å²) in [5, 5.41) is 8.80. The van der Waals surface area contributed by atoms with Crippen LogP contribution in [0.4, 0.5) is 0 Å². The maximum absolute atomic E-state index is 11.9. The number of aliphatic hydroxyl groups is 1. The van der Waals surface area contributed by atoms with E-state index in [1.807, 2.05) is 0 Å². The Morgan fingerprint density at radius 2 is 0.587 bits per heavy atom. The molecule has 1 N–H and O–H groups in total. The minimum atomic E-state index is 0.0228. The van der Waals surface area contributed by atoms with Crippen LogP contribution in [0.3, 0.4) is 0 Å². The predicted molar refractivity (Wildman–Crippen MR) is 204 cm³/mol. The Bertz CT molecular complexity index is 548. The van der Waals surface area contributed by atoms with Crippen LogP contribution in [0.15, 0.2) is 0 Å². The summed E-state index contributed by atoms with van der Waals surface area (Å²) in [5.41, 5.74) is 0. The van der Waals surface area contributed by atoms with E-state index in [9.17, 15) is 4.79 Å². The number of aliphatic hydroxyl groups excluding tert-OH is 1. The molecular weight excluding hydrogens is 564 g/mol. The molecule has 3 heteroatoms. The number of hydrogen-bond acceptors (Lipinski definition) is 3. The van der Waals surface area contributed by atoms with E-state index < -0.39 is 0 Å². The molecule has 0 saturated carbocycles. The second kappa shape index (κ2) is 42.5. The smallest absolute Gasteiger partial charge is 0.305 e. The van der Waals surface area contributed by atoms with Crippen molar-refractivity contribution in [2.75, 3.05) is 13.2 Å². The number of hydrogen-bond donors (Lipinski definition) is 1. The Labute approximate surface area is 290 Å². The topological polar surface area (TPSA) is 46.5 Å². The Morgan fingerprint density at radius 1 is 0.348 bits per heavy atom. The van der Waals surface area contributed by atoms with Gasteiger partial charge in [-0.2, -0.15) is 0 Å². The van der Waals surface area contributed by atoms with Gasteiger partial charge in [-0.05, 0) is 19.3 Å². The fraction of sp³-hybridized carbons (Fsp3) is 0.977.